The first-order valence-electron chi connectivity index (χ1n) is 7.73. The smallest absolute Gasteiger partial charge is 0.340 e. The summed E-state index contributed by atoms with van der Waals surface area (Å²) in [5, 5.41) is 0. The van der Waals surface area contributed by atoms with Crippen molar-refractivity contribution in [1.29, 1.82) is 0 Å². The minimum absolute atomic E-state index is 0.378. The van der Waals surface area contributed by atoms with Crippen LogP contribution in [0.25, 0.3) is 12.2 Å². The molecule has 2 aromatic rings. The van der Waals surface area contributed by atoms with E-state index >= 15 is 0 Å². The van der Waals surface area contributed by atoms with Crippen LogP contribution in [0.1, 0.15) is 42.3 Å². The van der Waals surface area contributed by atoms with Crippen molar-refractivity contribution >= 4 is 23.8 Å². The quantitative estimate of drug-likeness (QED) is 0.514. The highest BCUT2D eigenvalue weighted by Gasteiger charge is 2.19. The Morgan fingerprint density at radius 1 is 1.04 bits per heavy atom. The minimum Gasteiger partial charge on any atom is -0.497 e. The van der Waals surface area contributed by atoms with Crippen molar-refractivity contribution in [3.8, 4) is 5.75 Å². The molecule has 0 saturated heterocycles. The van der Waals surface area contributed by atoms with Crippen molar-refractivity contribution in [2.24, 2.45) is 0 Å². The molecule has 2 N–H and O–H groups in total. The van der Waals surface area contributed by atoms with Gasteiger partial charge in [0.2, 0.25) is 0 Å². The van der Waals surface area contributed by atoms with Crippen LogP contribution in [-0.4, -0.2) is 18.7 Å². The summed E-state index contributed by atoms with van der Waals surface area (Å²) >= 11 is 0. The average Bonchev–Trinajstić information content (AvgIpc) is 2.51. The van der Waals surface area contributed by atoms with Gasteiger partial charge in [0.25, 0.3) is 0 Å². The van der Waals surface area contributed by atoms with Crippen molar-refractivity contribution in [3.05, 3.63) is 59.2 Å². The second-order valence-corrected chi connectivity index (χ2v) is 6.46. The van der Waals surface area contributed by atoms with Gasteiger partial charge in [-0.2, -0.15) is 0 Å². The van der Waals surface area contributed by atoms with Crippen LogP contribution in [0.3, 0.4) is 0 Å². The second kappa shape index (κ2) is 7.21. The lowest BCUT2D eigenvalue weighted by atomic mass is 10.1. The van der Waals surface area contributed by atoms with Gasteiger partial charge in [-0.15, -0.1) is 0 Å². The largest absolute Gasteiger partial charge is 0.497 e. The zero-order valence-electron chi connectivity index (χ0n) is 14.5. The Labute approximate surface area is 142 Å². The Morgan fingerprint density at radius 2 is 1.71 bits per heavy atom. The van der Waals surface area contributed by atoms with E-state index in [1.807, 2.05) is 63.3 Å². The Hall–Kier alpha value is -2.75. The molecule has 0 fully saturated rings. The van der Waals surface area contributed by atoms with Crippen LogP contribution >= 0.6 is 0 Å². The predicted molar refractivity (Wildman–Crippen MR) is 97.9 cm³/mol. The lowest BCUT2D eigenvalue weighted by Gasteiger charge is -2.20. The number of benzene rings is 2. The molecule has 2 rings (SSSR count). The van der Waals surface area contributed by atoms with E-state index in [2.05, 4.69) is 0 Å². The predicted octanol–water partition coefficient (Wildman–Crippen LogP) is 4.40. The highest BCUT2D eigenvalue weighted by Crippen LogP contribution is 2.21. The number of carbonyl (C=O) groups excluding carboxylic acids is 1. The first kappa shape index (κ1) is 17.6. The van der Waals surface area contributed by atoms with Crippen LogP contribution in [0.2, 0.25) is 0 Å². The molecule has 4 nitrogen and oxygen atoms in total. The molecular weight excluding hydrogens is 302 g/mol. The topological polar surface area (TPSA) is 61.5 Å². The van der Waals surface area contributed by atoms with E-state index in [0.29, 0.717) is 11.3 Å². The normalized spacial score (nSPS) is 11.5. The average molecular weight is 325 g/mol. The van der Waals surface area contributed by atoms with Crippen molar-refractivity contribution in [3.63, 3.8) is 0 Å². The highest BCUT2D eigenvalue weighted by molar-refractivity contribution is 5.96. The molecule has 0 saturated carbocycles. The molecular formula is C20H23NO3. The molecule has 126 valence electrons. The molecule has 0 radical (unpaired) electrons. The van der Waals surface area contributed by atoms with Crippen LogP contribution in [-0.2, 0) is 4.74 Å². The SMILES string of the molecule is COc1cccc(/C=C/c2ccc(C(=O)OC(C)(C)C)c(N)c2)c1. The molecule has 0 aliphatic rings. The van der Waals surface area contributed by atoms with Crippen molar-refractivity contribution in [2.45, 2.75) is 26.4 Å². The summed E-state index contributed by atoms with van der Waals surface area (Å²) in [4.78, 5) is 12.1. The molecule has 2 aromatic carbocycles. The fraction of sp³-hybridized carbons (Fsp3) is 0.250. The van der Waals surface area contributed by atoms with Gasteiger partial charge < -0.3 is 15.2 Å². The third-order valence-electron chi connectivity index (χ3n) is 3.26. The van der Waals surface area contributed by atoms with Crippen LogP contribution in [0.15, 0.2) is 42.5 Å². The summed E-state index contributed by atoms with van der Waals surface area (Å²) in [7, 11) is 1.64. The fourth-order valence-corrected chi connectivity index (χ4v) is 2.14. The third kappa shape index (κ3) is 4.88. The van der Waals surface area contributed by atoms with E-state index in [0.717, 1.165) is 16.9 Å². The van der Waals surface area contributed by atoms with Gasteiger partial charge in [0.15, 0.2) is 0 Å². The Balaban J connectivity index is 2.17. The maximum absolute atomic E-state index is 12.1. The summed E-state index contributed by atoms with van der Waals surface area (Å²) in [6, 6.07) is 13.0. The molecule has 0 atom stereocenters. The minimum atomic E-state index is -0.547. The first-order valence-corrected chi connectivity index (χ1v) is 7.73. The van der Waals surface area contributed by atoms with E-state index in [1.54, 1.807) is 19.2 Å². The Morgan fingerprint density at radius 3 is 2.29 bits per heavy atom. The van der Waals surface area contributed by atoms with Gasteiger partial charge in [-0.1, -0.05) is 30.4 Å². The van der Waals surface area contributed by atoms with Crippen LogP contribution in [0, 0.1) is 0 Å². The first-order chi connectivity index (χ1) is 11.3. The molecule has 0 aliphatic carbocycles. The fourth-order valence-electron chi connectivity index (χ4n) is 2.14. The van der Waals surface area contributed by atoms with Gasteiger partial charge in [0, 0.05) is 5.69 Å². The van der Waals surface area contributed by atoms with Gasteiger partial charge in [0.1, 0.15) is 11.4 Å². The molecule has 0 unspecified atom stereocenters. The molecule has 0 heterocycles. The maximum atomic E-state index is 12.1. The number of nitrogens with two attached hydrogens (primary N) is 1. The molecule has 0 amide bonds. The molecule has 24 heavy (non-hydrogen) atoms. The molecule has 0 aliphatic heterocycles. The molecule has 4 heteroatoms. The number of esters is 1. The van der Waals surface area contributed by atoms with E-state index in [4.69, 9.17) is 15.2 Å². The van der Waals surface area contributed by atoms with Crippen LogP contribution in [0.5, 0.6) is 5.75 Å². The van der Waals surface area contributed by atoms with Crippen molar-refractivity contribution < 1.29 is 14.3 Å². The lowest BCUT2D eigenvalue weighted by Crippen LogP contribution is -2.24. The van der Waals surface area contributed by atoms with Crippen LogP contribution < -0.4 is 10.5 Å². The number of hydrogen-bond donors (Lipinski definition) is 1. The Bertz CT molecular complexity index is 758. The monoisotopic (exact) mass is 325 g/mol. The Kier molecular flexibility index (Phi) is 5.29. The zero-order valence-corrected chi connectivity index (χ0v) is 14.5. The van der Waals surface area contributed by atoms with Crippen molar-refractivity contribution in [2.75, 3.05) is 12.8 Å². The number of nitrogen functional groups attached to an aromatic ring is 1. The number of methoxy groups -OCH3 is 1. The van der Waals surface area contributed by atoms with Gasteiger partial charge >= 0.3 is 5.97 Å². The second-order valence-electron chi connectivity index (χ2n) is 6.46. The van der Waals surface area contributed by atoms with Gasteiger partial charge in [-0.25, -0.2) is 4.79 Å². The van der Waals surface area contributed by atoms with Crippen molar-refractivity contribution in [1.82, 2.24) is 0 Å². The number of rotatable bonds is 4. The molecule has 0 aromatic heterocycles. The highest BCUT2D eigenvalue weighted by atomic mass is 16.6. The summed E-state index contributed by atoms with van der Waals surface area (Å²) in [5.74, 6) is 0.389. The van der Waals surface area contributed by atoms with E-state index in [-0.39, 0.29) is 0 Å². The zero-order chi connectivity index (χ0) is 17.7. The summed E-state index contributed by atoms with van der Waals surface area (Å²) in [5.41, 5.74) is 8.16. The van der Waals surface area contributed by atoms with E-state index in [1.165, 1.54) is 0 Å². The van der Waals surface area contributed by atoms with Crippen LogP contribution in [0.4, 0.5) is 5.69 Å². The third-order valence-corrected chi connectivity index (χ3v) is 3.26. The summed E-state index contributed by atoms with van der Waals surface area (Å²) < 4.78 is 10.6. The number of carbonyl (C=O) groups is 1. The number of anilines is 1. The molecule has 0 spiro atoms. The van der Waals surface area contributed by atoms with E-state index < -0.39 is 11.6 Å². The summed E-state index contributed by atoms with van der Waals surface area (Å²) in [6.45, 7) is 5.48. The van der Waals surface area contributed by atoms with Gasteiger partial charge in [-0.3, -0.25) is 0 Å². The van der Waals surface area contributed by atoms with E-state index in [9.17, 15) is 4.79 Å². The standard InChI is InChI=1S/C20H23NO3/c1-20(2,3)24-19(22)17-11-10-15(13-18(17)21)9-8-14-6-5-7-16(12-14)23-4/h5-13H,21H2,1-4H3/b9-8+. The number of ether oxygens (including phenoxy) is 2. The lowest BCUT2D eigenvalue weighted by molar-refractivity contribution is 0.00708. The molecule has 0 bridgehead atoms. The van der Waals surface area contributed by atoms with Gasteiger partial charge in [-0.05, 0) is 56.2 Å². The van der Waals surface area contributed by atoms with Gasteiger partial charge in [0.05, 0.1) is 12.7 Å². The number of hydrogen-bond acceptors (Lipinski definition) is 4. The maximum Gasteiger partial charge on any atom is 0.340 e. The summed E-state index contributed by atoms with van der Waals surface area (Å²) in [6.07, 6.45) is 3.90.